The number of hydrogen-bond acceptors (Lipinski definition) is 3. The second-order valence-corrected chi connectivity index (χ2v) is 7.15. The summed E-state index contributed by atoms with van der Waals surface area (Å²) in [6.07, 6.45) is -5.68. The van der Waals surface area contributed by atoms with E-state index in [0.29, 0.717) is 11.1 Å². The summed E-state index contributed by atoms with van der Waals surface area (Å²) in [7, 11) is 0. The number of halogens is 3. The number of carbonyl (C=O) groups is 3. The van der Waals surface area contributed by atoms with Crippen LogP contribution >= 0.6 is 0 Å². The Labute approximate surface area is 170 Å². The van der Waals surface area contributed by atoms with E-state index >= 15 is 0 Å². The summed E-state index contributed by atoms with van der Waals surface area (Å²) >= 11 is 0. The minimum atomic E-state index is -4.63. The molecule has 30 heavy (non-hydrogen) atoms. The lowest BCUT2D eigenvalue weighted by atomic mass is 9.99. The lowest BCUT2D eigenvalue weighted by Crippen LogP contribution is -2.49. The number of alkyl halides is 3. The van der Waals surface area contributed by atoms with Gasteiger partial charge in [-0.2, -0.15) is 13.2 Å². The lowest BCUT2D eigenvalue weighted by molar-refractivity contribution is -0.155. The first kappa shape index (κ1) is 21.4. The van der Waals surface area contributed by atoms with Crippen molar-refractivity contribution in [1.82, 2.24) is 10.6 Å². The molecule has 0 aromatic heterocycles. The summed E-state index contributed by atoms with van der Waals surface area (Å²) in [5.74, 6) is -2.79. The van der Waals surface area contributed by atoms with Crippen LogP contribution in [0.1, 0.15) is 35.2 Å². The van der Waals surface area contributed by atoms with E-state index in [1.165, 1.54) is 6.07 Å². The van der Waals surface area contributed by atoms with E-state index in [4.69, 9.17) is 0 Å². The van der Waals surface area contributed by atoms with Crippen molar-refractivity contribution in [3.63, 3.8) is 0 Å². The van der Waals surface area contributed by atoms with Crippen LogP contribution in [0.15, 0.2) is 48.5 Å². The van der Waals surface area contributed by atoms with Crippen molar-refractivity contribution in [2.45, 2.75) is 37.5 Å². The molecule has 9 heteroatoms. The average Bonchev–Trinajstić information content (AvgIpc) is 3.45. The van der Waals surface area contributed by atoms with Crippen LogP contribution in [0.3, 0.4) is 0 Å². The number of carboxylic acid groups (broad SMARTS) is 1. The van der Waals surface area contributed by atoms with Crippen LogP contribution in [0.25, 0.3) is 11.1 Å². The van der Waals surface area contributed by atoms with Gasteiger partial charge in [0.25, 0.3) is 0 Å². The van der Waals surface area contributed by atoms with Gasteiger partial charge in [-0.1, -0.05) is 42.5 Å². The third-order valence-electron chi connectivity index (χ3n) is 4.80. The Balaban J connectivity index is 1.60. The molecule has 0 saturated heterocycles. The molecule has 0 spiro atoms. The molecule has 0 aliphatic heterocycles. The van der Waals surface area contributed by atoms with Gasteiger partial charge in [-0.15, -0.1) is 0 Å². The molecular weight excluding hydrogens is 401 g/mol. The molecular formula is C21H19F3N2O4. The summed E-state index contributed by atoms with van der Waals surface area (Å²) in [5, 5.41) is 14.1. The topological polar surface area (TPSA) is 95.5 Å². The number of rotatable bonds is 7. The number of hydrogen-bond donors (Lipinski definition) is 3. The van der Waals surface area contributed by atoms with Crippen molar-refractivity contribution in [2.75, 3.05) is 0 Å². The first-order valence-corrected chi connectivity index (χ1v) is 9.17. The van der Waals surface area contributed by atoms with Crippen molar-refractivity contribution in [3.05, 3.63) is 59.7 Å². The van der Waals surface area contributed by atoms with E-state index < -0.39 is 35.9 Å². The molecule has 0 bridgehead atoms. The van der Waals surface area contributed by atoms with Gasteiger partial charge in [-0.05, 0) is 35.6 Å². The van der Waals surface area contributed by atoms with Crippen molar-refractivity contribution in [1.29, 1.82) is 0 Å². The van der Waals surface area contributed by atoms with Crippen LogP contribution in [-0.4, -0.2) is 34.6 Å². The minimum absolute atomic E-state index is 0.122. The zero-order valence-electron chi connectivity index (χ0n) is 15.8. The van der Waals surface area contributed by atoms with Gasteiger partial charge < -0.3 is 15.7 Å². The predicted octanol–water partition coefficient (Wildman–Crippen LogP) is 3.27. The van der Waals surface area contributed by atoms with E-state index in [0.717, 1.165) is 5.56 Å². The molecule has 1 aliphatic carbocycles. The van der Waals surface area contributed by atoms with Crippen LogP contribution in [-0.2, 0) is 16.1 Å². The van der Waals surface area contributed by atoms with Gasteiger partial charge in [0, 0.05) is 6.54 Å². The van der Waals surface area contributed by atoms with Crippen molar-refractivity contribution in [2.24, 2.45) is 0 Å². The number of benzene rings is 2. The van der Waals surface area contributed by atoms with Crippen LogP contribution in [0.2, 0.25) is 0 Å². The monoisotopic (exact) mass is 420 g/mol. The fourth-order valence-electron chi connectivity index (χ4n) is 3.10. The highest BCUT2D eigenvalue weighted by atomic mass is 19.4. The van der Waals surface area contributed by atoms with Crippen molar-refractivity contribution in [3.8, 4) is 11.1 Å². The van der Waals surface area contributed by atoms with E-state index in [1.54, 1.807) is 42.5 Å². The third-order valence-corrected chi connectivity index (χ3v) is 4.80. The molecule has 2 aromatic rings. The standard InChI is InChI=1S/C21H19F3N2O4/c22-21(23,24)11-17(27)26-20(9-10-20)19(30)25-12-13-5-7-14(8-6-13)15-3-1-2-4-16(15)18(28)29/h1-8H,9-12H2,(H,25,30)(H,26,27)(H,28,29). The molecule has 2 aromatic carbocycles. The number of carboxylic acids is 1. The van der Waals surface area contributed by atoms with Gasteiger partial charge in [0.1, 0.15) is 12.0 Å². The highest BCUT2D eigenvalue weighted by Gasteiger charge is 2.51. The average molecular weight is 420 g/mol. The van der Waals surface area contributed by atoms with Crippen molar-refractivity contribution < 1.29 is 32.7 Å². The fourth-order valence-corrected chi connectivity index (χ4v) is 3.10. The van der Waals surface area contributed by atoms with E-state index in [1.807, 2.05) is 0 Å². The maximum Gasteiger partial charge on any atom is 0.397 e. The van der Waals surface area contributed by atoms with Gasteiger partial charge in [-0.25, -0.2) is 4.79 Å². The fraction of sp³-hybridized carbons (Fsp3) is 0.286. The largest absolute Gasteiger partial charge is 0.478 e. The number of amides is 2. The van der Waals surface area contributed by atoms with Crippen LogP contribution in [0.4, 0.5) is 13.2 Å². The second kappa shape index (κ2) is 8.17. The summed E-state index contributed by atoms with van der Waals surface area (Å²) < 4.78 is 36.9. The Hall–Kier alpha value is -3.36. The minimum Gasteiger partial charge on any atom is -0.478 e. The summed E-state index contributed by atoms with van der Waals surface area (Å²) in [5.41, 5.74) is 0.870. The Morgan fingerprint density at radius 1 is 1.00 bits per heavy atom. The Bertz CT molecular complexity index is 967. The van der Waals surface area contributed by atoms with Crippen molar-refractivity contribution >= 4 is 17.8 Å². The van der Waals surface area contributed by atoms with Gasteiger partial charge >= 0.3 is 12.1 Å². The molecule has 3 N–H and O–H groups in total. The highest BCUT2D eigenvalue weighted by Crippen LogP contribution is 2.36. The van der Waals surface area contributed by atoms with Crippen LogP contribution in [0, 0.1) is 0 Å². The molecule has 0 radical (unpaired) electrons. The zero-order chi connectivity index (χ0) is 21.9. The maximum absolute atomic E-state index is 12.3. The molecule has 158 valence electrons. The Morgan fingerprint density at radius 3 is 2.20 bits per heavy atom. The quantitative estimate of drug-likeness (QED) is 0.641. The lowest BCUT2D eigenvalue weighted by Gasteiger charge is -2.18. The van der Waals surface area contributed by atoms with Gasteiger partial charge in [0.2, 0.25) is 11.8 Å². The van der Waals surface area contributed by atoms with Gasteiger partial charge in [0.15, 0.2) is 0 Å². The first-order chi connectivity index (χ1) is 14.1. The highest BCUT2D eigenvalue weighted by molar-refractivity contribution is 5.96. The van der Waals surface area contributed by atoms with Crippen LogP contribution in [0.5, 0.6) is 0 Å². The van der Waals surface area contributed by atoms with E-state index in [2.05, 4.69) is 10.6 Å². The SMILES string of the molecule is O=C(CC(F)(F)F)NC1(C(=O)NCc2ccc(-c3ccccc3C(=O)O)cc2)CC1. The first-order valence-electron chi connectivity index (χ1n) is 9.17. The normalized spacial score (nSPS) is 14.6. The molecule has 1 fully saturated rings. The number of carbonyl (C=O) groups excluding carboxylic acids is 2. The Kier molecular flexibility index (Phi) is 5.82. The predicted molar refractivity (Wildman–Crippen MR) is 101 cm³/mol. The van der Waals surface area contributed by atoms with E-state index in [-0.39, 0.29) is 24.9 Å². The number of aromatic carboxylic acids is 1. The molecule has 2 amide bonds. The zero-order valence-corrected chi connectivity index (χ0v) is 15.8. The van der Waals surface area contributed by atoms with E-state index in [9.17, 15) is 32.7 Å². The molecule has 0 unspecified atom stereocenters. The molecule has 3 rings (SSSR count). The number of nitrogens with one attached hydrogen (secondary N) is 2. The third kappa shape index (κ3) is 5.16. The molecule has 1 aliphatic rings. The summed E-state index contributed by atoms with van der Waals surface area (Å²) in [6.45, 7) is 0.122. The van der Waals surface area contributed by atoms with Crippen LogP contribution < -0.4 is 10.6 Å². The summed E-state index contributed by atoms with van der Waals surface area (Å²) in [6, 6.07) is 13.5. The molecule has 1 saturated carbocycles. The maximum atomic E-state index is 12.3. The smallest absolute Gasteiger partial charge is 0.397 e. The molecule has 0 atom stereocenters. The second-order valence-electron chi connectivity index (χ2n) is 7.15. The molecule has 6 nitrogen and oxygen atoms in total. The Morgan fingerprint density at radius 2 is 1.63 bits per heavy atom. The molecule has 0 heterocycles. The van der Waals surface area contributed by atoms with Gasteiger partial charge in [-0.3, -0.25) is 9.59 Å². The van der Waals surface area contributed by atoms with Gasteiger partial charge in [0.05, 0.1) is 5.56 Å². The summed E-state index contributed by atoms with van der Waals surface area (Å²) in [4.78, 5) is 35.2.